The third-order valence-electron chi connectivity index (χ3n) is 3.16. The van der Waals surface area contributed by atoms with Crippen molar-refractivity contribution in [1.82, 2.24) is 0 Å². The van der Waals surface area contributed by atoms with Crippen LogP contribution in [-0.2, 0) is 13.0 Å². The summed E-state index contributed by atoms with van der Waals surface area (Å²) in [4.78, 5) is 1.20. The Balaban J connectivity index is 1.70. The first-order valence-electron chi connectivity index (χ1n) is 5.89. The number of hydrogen-bond acceptors (Lipinski definition) is 3. The van der Waals surface area contributed by atoms with Gasteiger partial charge in [-0.15, -0.1) is 11.3 Å². The van der Waals surface area contributed by atoms with Gasteiger partial charge >= 0.3 is 0 Å². The summed E-state index contributed by atoms with van der Waals surface area (Å²) < 4.78 is 6.87. The van der Waals surface area contributed by atoms with E-state index < -0.39 is 0 Å². The largest absolute Gasteiger partial charge is 0.488 e. The first kappa shape index (κ1) is 12.2. The molecule has 0 radical (unpaired) electrons. The van der Waals surface area contributed by atoms with Crippen molar-refractivity contribution in [3.63, 3.8) is 0 Å². The van der Waals surface area contributed by atoms with E-state index >= 15 is 0 Å². The Morgan fingerprint density at radius 2 is 2.28 bits per heavy atom. The first-order valence-corrected chi connectivity index (χ1v) is 7.56. The molecule has 3 rings (SSSR count). The minimum atomic E-state index is -0.290. The molecule has 2 aromatic rings. The lowest BCUT2D eigenvalue weighted by atomic mass is 10.1. The predicted molar refractivity (Wildman–Crippen MR) is 76.1 cm³/mol. The molecular formula is C14H13BrO2S. The molecule has 1 aromatic heterocycles. The van der Waals surface area contributed by atoms with Crippen LogP contribution < -0.4 is 4.74 Å². The van der Waals surface area contributed by atoms with Gasteiger partial charge in [-0.3, -0.25) is 0 Å². The number of aliphatic hydroxyl groups is 1. The van der Waals surface area contributed by atoms with E-state index in [0.29, 0.717) is 6.61 Å². The third-order valence-corrected chi connectivity index (χ3v) is 4.83. The van der Waals surface area contributed by atoms with Crippen LogP contribution in [0.25, 0.3) is 0 Å². The van der Waals surface area contributed by atoms with Crippen LogP contribution in [0.3, 0.4) is 0 Å². The van der Waals surface area contributed by atoms with Gasteiger partial charge < -0.3 is 9.84 Å². The van der Waals surface area contributed by atoms with Crippen LogP contribution in [-0.4, -0.2) is 5.11 Å². The molecular weight excluding hydrogens is 312 g/mol. The van der Waals surface area contributed by atoms with Crippen molar-refractivity contribution in [3.8, 4) is 5.75 Å². The molecule has 1 heterocycles. The number of aryl methyl sites for hydroxylation is 1. The maximum Gasteiger partial charge on any atom is 0.122 e. The van der Waals surface area contributed by atoms with Crippen LogP contribution in [0, 0.1) is 0 Å². The smallest absolute Gasteiger partial charge is 0.122 e. The van der Waals surface area contributed by atoms with Crippen molar-refractivity contribution in [2.24, 2.45) is 0 Å². The van der Waals surface area contributed by atoms with Crippen molar-refractivity contribution >= 4 is 27.3 Å². The summed E-state index contributed by atoms with van der Waals surface area (Å²) in [5, 5.41) is 11.8. The molecule has 0 bridgehead atoms. The molecule has 0 spiro atoms. The van der Waals surface area contributed by atoms with Gasteiger partial charge in [-0.2, -0.15) is 0 Å². The zero-order chi connectivity index (χ0) is 12.5. The summed E-state index contributed by atoms with van der Waals surface area (Å²) in [5.74, 6) is 0.882. The number of thiophene rings is 1. The second kappa shape index (κ2) is 5.03. The highest BCUT2D eigenvalue weighted by atomic mass is 79.9. The Hall–Kier alpha value is -0.840. The second-order valence-corrected chi connectivity index (χ2v) is 6.35. The summed E-state index contributed by atoms with van der Waals surface area (Å²) in [6.07, 6.45) is 1.48. The molecule has 0 aliphatic heterocycles. The van der Waals surface area contributed by atoms with Crippen LogP contribution in [0.15, 0.2) is 34.1 Å². The highest BCUT2D eigenvalue weighted by Gasteiger charge is 2.20. The molecule has 0 unspecified atom stereocenters. The van der Waals surface area contributed by atoms with Crippen LogP contribution >= 0.6 is 27.3 Å². The molecule has 0 saturated carbocycles. The van der Waals surface area contributed by atoms with E-state index in [2.05, 4.69) is 27.4 Å². The molecule has 18 heavy (non-hydrogen) atoms. The quantitative estimate of drug-likeness (QED) is 0.922. The van der Waals surface area contributed by atoms with Gasteiger partial charge in [0.1, 0.15) is 12.4 Å². The van der Waals surface area contributed by atoms with Gasteiger partial charge in [0.2, 0.25) is 0 Å². The highest BCUT2D eigenvalue weighted by Crippen LogP contribution is 2.33. The number of fused-ring (bicyclic) bond motifs is 1. The lowest BCUT2D eigenvalue weighted by molar-refractivity contribution is 0.180. The number of rotatable bonds is 3. The van der Waals surface area contributed by atoms with E-state index in [-0.39, 0.29) is 6.10 Å². The average Bonchev–Trinajstić information content (AvgIpc) is 2.94. The Morgan fingerprint density at radius 1 is 1.39 bits per heavy atom. The summed E-state index contributed by atoms with van der Waals surface area (Å²) in [7, 11) is 0. The molecule has 1 atom stereocenters. The van der Waals surface area contributed by atoms with E-state index in [1.807, 2.05) is 18.2 Å². The molecule has 0 saturated heterocycles. The Kier molecular flexibility index (Phi) is 3.41. The number of benzene rings is 1. The molecule has 4 heteroatoms. The average molecular weight is 325 g/mol. The SMILES string of the molecule is O[C@H]1CCc2cc(OCc3cc(Br)cs3)ccc21. The van der Waals surface area contributed by atoms with Crippen molar-refractivity contribution in [1.29, 1.82) is 0 Å². The highest BCUT2D eigenvalue weighted by molar-refractivity contribution is 9.10. The predicted octanol–water partition coefficient (Wildman–Crippen LogP) is 4.07. The molecule has 1 aromatic carbocycles. The fraction of sp³-hybridized carbons (Fsp3) is 0.286. The van der Waals surface area contributed by atoms with Gasteiger partial charge in [-0.25, -0.2) is 0 Å². The van der Waals surface area contributed by atoms with Crippen molar-refractivity contribution in [2.75, 3.05) is 0 Å². The van der Waals surface area contributed by atoms with Crippen LogP contribution in [0.4, 0.5) is 0 Å². The minimum Gasteiger partial charge on any atom is -0.488 e. The molecule has 94 valence electrons. The third kappa shape index (κ3) is 2.46. The van der Waals surface area contributed by atoms with Crippen LogP contribution in [0.5, 0.6) is 5.75 Å². The normalized spacial score (nSPS) is 17.8. The van der Waals surface area contributed by atoms with Gasteiger partial charge in [-0.05, 0) is 58.1 Å². The molecule has 2 nitrogen and oxygen atoms in total. The number of ether oxygens (including phenoxy) is 1. The molecule has 1 aliphatic rings. The Bertz CT molecular complexity index is 565. The van der Waals surface area contributed by atoms with E-state index in [1.165, 1.54) is 10.4 Å². The zero-order valence-electron chi connectivity index (χ0n) is 9.73. The van der Waals surface area contributed by atoms with Gasteiger partial charge in [0.05, 0.1) is 6.10 Å². The summed E-state index contributed by atoms with van der Waals surface area (Å²) in [6, 6.07) is 8.04. The van der Waals surface area contributed by atoms with Gasteiger partial charge in [0, 0.05) is 14.7 Å². The first-order chi connectivity index (χ1) is 8.72. The van der Waals surface area contributed by atoms with Crippen LogP contribution in [0.1, 0.15) is 28.5 Å². The fourth-order valence-electron chi connectivity index (χ4n) is 2.25. The number of aliphatic hydroxyl groups excluding tert-OH is 1. The van der Waals surface area contributed by atoms with Crippen molar-refractivity contribution in [2.45, 2.75) is 25.6 Å². The second-order valence-electron chi connectivity index (χ2n) is 4.44. The molecule has 1 aliphatic carbocycles. The topological polar surface area (TPSA) is 29.5 Å². The number of hydrogen-bond donors (Lipinski definition) is 1. The van der Waals surface area contributed by atoms with Gasteiger partial charge in [0.25, 0.3) is 0 Å². The summed E-state index contributed by atoms with van der Waals surface area (Å²) >= 11 is 5.12. The van der Waals surface area contributed by atoms with E-state index in [0.717, 1.165) is 28.6 Å². The molecule has 0 amide bonds. The van der Waals surface area contributed by atoms with Gasteiger partial charge in [-0.1, -0.05) is 6.07 Å². The summed E-state index contributed by atoms with van der Waals surface area (Å²) in [6.45, 7) is 0.595. The van der Waals surface area contributed by atoms with Crippen molar-refractivity contribution in [3.05, 3.63) is 50.1 Å². The maximum atomic E-state index is 9.74. The minimum absolute atomic E-state index is 0.290. The lowest BCUT2D eigenvalue weighted by Gasteiger charge is -2.08. The monoisotopic (exact) mass is 324 g/mol. The Morgan fingerprint density at radius 3 is 3.06 bits per heavy atom. The lowest BCUT2D eigenvalue weighted by Crippen LogP contribution is -1.95. The van der Waals surface area contributed by atoms with E-state index in [9.17, 15) is 5.11 Å². The molecule has 1 N–H and O–H groups in total. The maximum absolute atomic E-state index is 9.74. The standard InChI is InChI=1S/C14H13BrO2S/c15-10-6-12(18-8-10)7-17-11-2-3-13-9(5-11)1-4-14(13)16/h2-3,5-6,8,14,16H,1,4,7H2/t14-/m0/s1. The zero-order valence-corrected chi connectivity index (χ0v) is 12.1. The van der Waals surface area contributed by atoms with E-state index in [4.69, 9.17) is 4.74 Å². The molecule has 0 fully saturated rings. The van der Waals surface area contributed by atoms with Crippen molar-refractivity contribution < 1.29 is 9.84 Å². The van der Waals surface area contributed by atoms with Gasteiger partial charge in [0.15, 0.2) is 0 Å². The fourth-order valence-corrected chi connectivity index (χ4v) is 3.61. The van der Waals surface area contributed by atoms with Crippen LogP contribution in [0.2, 0.25) is 0 Å². The van der Waals surface area contributed by atoms with E-state index in [1.54, 1.807) is 11.3 Å². The summed E-state index contributed by atoms with van der Waals surface area (Å²) in [5.41, 5.74) is 2.27. The number of halogens is 1. The Labute approximate surface area is 118 Å².